The Labute approximate surface area is 438 Å². The van der Waals surface area contributed by atoms with Crippen LogP contribution in [0.4, 0.5) is 0 Å². The normalized spacial score (nSPS) is 13.4. The van der Waals surface area contributed by atoms with E-state index in [9.17, 15) is 20.1 Å². The van der Waals surface area contributed by atoms with Crippen molar-refractivity contribution in [2.75, 3.05) is 6.61 Å². The number of nitrogens with one attached hydrogen (secondary N) is 1. The third-order valence-electron chi connectivity index (χ3n) is 15.0. The summed E-state index contributed by atoms with van der Waals surface area (Å²) in [7, 11) is 0. The Hall–Kier alpha value is -1.43. The number of hydrogen-bond donors (Lipinski definition) is 4. The minimum Gasteiger partial charge on any atom is -0.394 e. The smallest absolute Gasteiger partial charge is 0.249 e. The van der Waals surface area contributed by atoms with E-state index >= 15 is 0 Å². The Balaban J connectivity index is 3.49. The van der Waals surface area contributed by atoms with Gasteiger partial charge in [0.1, 0.15) is 6.10 Å². The van der Waals surface area contributed by atoms with Crippen molar-refractivity contribution in [1.82, 2.24) is 5.32 Å². The molecule has 0 saturated carbocycles. The van der Waals surface area contributed by atoms with Crippen molar-refractivity contribution in [2.45, 2.75) is 366 Å². The van der Waals surface area contributed by atoms with Crippen LogP contribution in [0.5, 0.6) is 0 Å². The van der Waals surface area contributed by atoms with Crippen molar-refractivity contribution in [3.63, 3.8) is 0 Å². The number of allylic oxidation sites excluding steroid dienone is 5. The molecule has 0 aliphatic rings. The van der Waals surface area contributed by atoms with Gasteiger partial charge in [-0.25, -0.2) is 0 Å². The quantitative estimate of drug-likeness (QED) is 0.0361. The predicted octanol–water partition coefficient (Wildman–Crippen LogP) is 20.2. The monoisotopic (exact) mass is 984 g/mol. The SMILES string of the molecule is CCCCCCCCCCCCCCCCC/C=C\C/C=C\CCCCCCCCCCCCCCCCCCC(O)C(=O)NC(CO)C(O)/C=C/CCCCCCCCCCCCCCCCCC. The first kappa shape index (κ1) is 68.6. The molecule has 0 rings (SSSR count). The molecule has 0 radical (unpaired) electrons. The van der Waals surface area contributed by atoms with Gasteiger partial charge in [-0.2, -0.15) is 0 Å². The van der Waals surface area contributed by atoms with Gasteiger partial charge >= 0.3 is 0 Å². The summed E-state index contributed by atoms with van der Waals surface area (Å²) in [6.45, 7) is 4.22. The third kappa shape index (κ3) is 54.3. The summed E-state index contributed by atoms with van der Waals surface area (Å²) < 4.78 is 0. The molecule has 0 saturated heterocycles. The second-order valence-electron chi connectivity index (χ2n) is 22.0. The molecule has 0 spiro atoms. The van der Waals surface area contributed by atoms with Gasteiger partial charge in [0, 0.05) is 0 Å². The van der Waals surface area contributed by atoms with Crippen molar-refractivity contribution in [2.24, 2.45) is 0 Å². The maximum atomic E-state index is 12.6. The Bertz CT molecular complexity index is 1090. The Morgan fingerprint density at radius 3 is 0.900 bits per heavy atom. The van der Waals surface area contributed by atoms with Gasteiger partial charge in [-0.1, -0.05) is 333 Å². The maximum Gasteiger partial charge on any atom is 0.249 e. The lowest BCUT2D eigenvalue weighted by atomic mass is 10.0. The molecule has 0 aromatic rings. The van der Waals surface area contributed by atoms with Gasteiger partial charge in [-0.3, -0.25) is 4.79 Å². The molecule has 0 aromatic heterocycles. The van der Waals surface area contributed by atoms with Crippen molar-refractivity contribution in [3.05, 3.63) is 36.5 Å². The fraction of sp³-hybridized carbons (Fsp3) is 0.892. The largest absolute Gasteiger partial charge is 0.394 e. The zero-order chi connectivity index (χ0) is 50.7. The first-order valence-corrected chi connectivity index (χ1v) is 31.8. The highest BCUT2D eigenvalue weighted by molar-refractivity contribution is 5.80. The zero-order valence-electron chi connectivity index (χ0n) is 47.4. The summed E-state index contributed by atoms with van der Waals surface area (Å²) >= 11 is 0. The molecule has 3 atom stereocenters. The van der Waals surface area contributed by atoms with Crippen LogP contribution in [-0.4, -0.2) is 46.1 Å². The summed E-state index contributed by atoms with van der Waals surface area (Å²) in [6.07, 6.45) is 79.8. The highest BCUT2D eigenvalue weighted by Gasteiger charge is 2.22. The molecule has 0 aliphatic heterocycles. The van der Waals surface area contributed by atoms with E-state index in [1.54, 1.807) is 6.08 Å². The van der Waals surface area contributed by atoms with Gasteiger partial charge in [-0.15, -0.1) is 0 Å². The van der Waals surface area contributed by atoms with Crippen LogP contribution in [0.25, 0.3) is 0 Å². The maximum absolute atomic E-state index is 12.6. The summed E-state index contributed by atoms with van der Waals surface area (Å²) in [5, 5.41) is 33.4. The number of aliphatic hydroxyl groups excluding tert-OH is 3. The molecule has 70 heavy (non-hydrogen) atoms. The summed E-state index contributed by atoms with van der Waals surface area (Å²) in [5.74, 6) is -0.498. The van der Waals surface area contributed by atoms with Crippen molar-refractivity contribution in [3.8, 4) is 0 Å². The van der Waals surface area contributed by atoms with Crippen molar-refractivity contribution in [1.29, 1.82) is 0 Å². The van der Waals surface area contributed by atoms with E-state index in [4.69, 9.17) is 0 Å². The van der Waals surface area contributed by atoms with Gasteiger partial charge in [0.25, 0.3) is 0 Å². The molecule has 5 nitrogen and oxygen atoms in total. The molecule has 0 aliphatic carbocycles. The van der Waals surface area contributed by atoms with Crippen LogP contribution < -0.4 is 5.32 Å². The van der Waals surface area contributed by atoms with Gasteiger partial charge in [0.15, 0.2) is 0 Å². The van der Waals surface area contributed by atoms with E-state index in [1.165, 1.54) is 289 Å². The average molecular weight is 985 g/mol. The first-order chi connectivity index (χ1) is 34.6. The second kappa shape index (κ2) is 60.1. The fourth-order valence-corrected chi connectivity index (χ4v) is 10.0. The van der Waals surface area contributed by atoms with Crippen LogP contribution in [0.1, 0.15) is 348 Å². The topological polar surface area (TPSA) is 89.8 Å². The number of carbonyl (C=O) groups excluding carboxylic acids is 1. The molecule has 3 unspecified atom stereocenters. The summed E-state index contributed by atoms with van der Waals surface area (Å²) in [5.41, 5.74) is 0. The lowest BCUT2D eigenvalue weighted by Gasteiger charge is -2.21. The number of aliphatic hydroxyl groups is 3. The number of carbonyl (C=O) groups is 1. The molecule has 0 heterocycles. The lowest BCUT2D eigenvalue weighted by molar-refractivity contribution is -0.131. The highest BCUT2D eigenvalue weighted by atomic mass is 16.3. The van der Waals surface area contributed by atoms with Crippen LogP contribution in [-0.2, 0) is 4.79 Å². The standard InChI is InChI=1S/C65H125NO4/c1-3-5-7-9-11-13-15-17-19-21-23-24-25-26-27-28-29-30-31-32-33-34-35-36-37-38-39-40-41-42-44-46-48-50-52-54-56-58-60-64(69)65(70)66-62(61-67)63(68)59-57-55-53-51-49-47-45-43-22-20-18-16-14-12-10-8-6-4-2/h29-30,32-33,57,59,62-64,67-69H,3-28,31,34-56,58,60-61H2,1-2H3,(H,66,70)/b30-29-,33-32-,59-57+. The first-order valence-electron chi connectivity index (χ1n) is 31.8. The fourth-order valence-electron chi connectivity index (χ4n) is 10.0. The van der Waals surface area contributed by atoms with Crippen LogP contribution in [0.3, 0.4) is 0 Å². The molecule has 1 amide bonds. The molecular weight excluding hydrogens is 859 g/mol. The Kier molecular flexibility index (Phi) is 58.9. The predicted molar refractivity (Wildman–Crippen MR) is 310 cm³/mol. The van der Waals surface area contributed by atoms with E-state index < -0.39 is 24.2 Å². The molecule has 5 heteroatoms. The lowest BCUT2D eigenvalue weighted by Crippen LogP contribution is -2.48. The second-order valence-corrected chi connectivity index (χ2v) is 22.0. The Morgan fingerprint density at radius 2 is 0.614 bits per heavy atom. The summed E-state index contributed by atoms with van der Waals surface area (Å²) in [4.78, 5) is 12.6. The molecule has 414 valence electrons. The van der Waals surface area contributed by atoms with E-state index in [0.29, 0.717) is 6.42 Å². The molecular formula is C65H125NO4. The average Bonchev–Trinajstić information content (AvgIpc) is 3.36. The Morgan fingerprint density at radius 1 is 0.357 bits per heavy atom. The minimum atomic E-state index is -1.10. The van der Waals surface area contributed by atoms with Crippen LogP contribution >= 0.6 is 0 Å². The van der Waals surface area contributed by atoms with Gasteiger partial charge in [0.2, 0.25) is 5.91 Å². The van der Waals surface area contributed by atoms with E-state index in [0.717, 1.165) is 38.5 Å². The third-order valence-corrected chi connectivity index (χ3v) is 15.0. The molecule has 4 N–H and O–H groups in total. The molecule has 0 aromatic carbocycles. The highest BCUT2D eigenvalue weighted by Crippen LogP contribution is 2.18. The van der Waals surface area contributed by atoms with Crippen LogP contribution in [0, 0.1) is 0 Å². The molecule has 0 bridgehead atoms. The number of unbranched alkanes of at least 4 members (excludes halogenated alkanes) is 47. The van der Waals surface area contributed by atoms with E-state index in [1.807, 2.05) is 6.08 Å². The number of hydrogen-bond acceptors (Lipinski definition) is 4. The summed E-state index contributed by atoms with van der Waals surface area (Å²) in [6, 6.07) is -0.798. The minimum absolute atomic E-state index is 0.361. The van der Waals surface area contributed by atoms with Crippen LogP contribution in [0.15, 0.2) is 36.5 Å². The van der Waals surface area contributed by atoms with E-state index in [-0.39, 0.29) is 6.61 Å². The van der Waals surface area contributed by atoms with Crippen LogP contribution in [0.2, 0.25) is 0 Å². The molecule has 0 fully saturated rings. The van der Waals surface area contributed by atoms with Crippen molar-refractivity contribution < 1.29 is 20.1 Å². The number of amides is 1. The van der Waals surface area contributed by atoms with Crippen molar-refractivity contribution >= 4 is 5.91 Å². The van der Waals surface area contributed by atoms with Gasteiger partial charge in [-0.05, 0) is 51.4 Å². The number of rotatable bonds is 59. The van der Waals surface area contributed by atoms with Gasteiger partial charge < -0.3 is 20.6 Å². The zero-order valence-corrected chi connectivity index (χ0v) is 47.4. The van der Waals surface area contributed by atoms with Gasteiger partial charge in [0.05, 0.1) is 18.8 Å². The van der Waals surface area contributed by atoms with E-state index in [2.05, 4.69) is 43.5 Å².